The molecular formula is C22H30N2O2. The van der Waals surface area contributed by atoms with Crippen molar-refractivity contribution in [2.45, 2.75) is 38.1 Å². The van der Waals surface area contributed by atoms with Crippen molar-refractivity contribution in [2.24, 2.45) is 0 Å². The summed E-state index contributed by atoms with van der Waals surface area (Å²) in [5, 5.41) is 21.4. The van der Waals surface area contributed by atoms with Crippen molar-refractivity contribution in [1.82, 2.24) is 9.80 Å². The van der Waals surface area contributed by atoms with E-state index in [1.165, 1.54) is 0 Å². The predicted octanol–water partition coefficient (Wildman–Crippen LogP) is 2.85. The van der Waals surface area contributed by atoms with E-state index in [1.807, 2.05) is 84.3 Å². The summed E-state index contributed by atoms with van der Waals surface area (Å²) in [7, 11) is 0. The molecule has 26 heavy (non-hydrogen) atoms. The third-order valence-corrected chi connectivity index (χ3v) is 5.31. The van der Waals surface area contributed by atoms with E-state index in [2.05, 4.69) is 0 Å². The van der Waals surface area contributed by atoms with Gasteiger partial charge in [0.1, 0.15) is 0 Å². The lowest BCUT2D eigenvalue weighted by molar-refractivity contribution is -0.00761. The lowest BCUT2D eigenvalue weighted by atomic mass is 10.00. The molecule has 3 rings (SSSR count). The maximum Gasteiger partial charge on any atom is 0.0942 e. The Balaban J connectivity index is 1.68. The van der Waals surface area contributed by atoms with Crippen LogP contribution >= 0.6 is 0 Å². The average Bonchev–Trinajstić information content (AvgIpc) is 2.75. The van der Waals surface area contributed by atoms with Gasteiger partial charge in [0.2, 0.25) is 0 Å². The molecule has 140 valence electrons. The van der Waals surface area contributed by atoms with Crippen molar-refractivity contribution < 1.29 is 13.0 Å². The highest BCUT2D eigenvalue weighted by Gasteiger charge is 2.30. The molecule has 0 aromatic heterocycles. The first-order valence-corrected chi connectivity index (χ1v) is 9.24. The Morgan fingerprint density at radius 2 is 1.08 bits per heavy atom. The third-order valence-electron chi connectivity index (χ3n) is 5.31. The van der Waals surface area contributed by atoms with Crippen LogP contribution in [-0.4, -0.2) is 58.2 Å². The van der Waals surface area contributed by atoms with Gasteiger partial charge in [0.25, 0.3) is 0 Å². The molecule has 0 saturated carbocycles. The number of benzene rings is 2. The zero-order valence-electron chi connectivity index (χ0n) is 17.4. The van der Waals surface area contributed by atoms with Gasteiger partial charge >= 0.3 is 0 Å². The molecule has 2 aromatic rings. The summed E-state index contributed by atoms with van der Waals surface area (Å²) >= 11 is 0. The molecule has 4 heteroatoms. The van der Waals surface area contributed by atoms with E-state index in [-0.39, 0.29) is 12.1 Å². The second-order valence-corrected chi connectivity index (χ2v) is 6.97. The lowest BCUT2D eigenvalue weighted by Gasteiger charge is -2.42. The van der Waals surface area contributed by atoms with Gasteiger partial charge in [-0.25, -0.2) is 0 Å². The first-order valence-electron chi connectivity index (χ1n) is 10.4. The SMILES string of the molecule is [2H][C@@H]1[C@@H]([2H])N([C@H](C)[C@@H](O)c2ccccc2)CCN1[C@H](C)[C@@H](O)c1ccccc1. The molecule has 2 N–H and O–H groups in total. The van der Waals surface area contributed by atoms with Crippen LogP contribution in [0, 0.1) is 0 Å². The number of hydrogen-bond acceptors (Lipinski definition) is 4. The molecule has 0 aliphatic carbocycles. The van der Waals surface area contributed by atoms with Crippen molar-refractivity contribution in [3.8, 4) is 0 Å². The van der Waals surface area contributed by atoms with Crippen LogP contribution in [0.2, 0.25) is 0 Å². The molecule has 1 fully saturated rings. The van der Waals surface area contributed by atoms with Gasteiger partial charge in [-0.3, -0.25) is 9.80 Å². The van der Waals surface area contributed by atoms with Crippen LogP contribution in [0.25, 0.3) is 0 Å². The topological polar surface area (TPSA) is 46.9 Å². The molecule has 0 radical (unpaired) electrons. The molecule has 0 bridgehead atoms. The Morgan fingerprint density at radius 1 is 0.731 bits per heavy atom. The van der Waals surface area contributed by atoms with Crippen LogP contribution < -0.4 is 0 Å². The summed E-state index contributed by atoms with van der Waals surface area (Å²) < 4.78 is 17.2. The van der Waals surface area contributed by atoms with Crippen LogP contribution in [-0.2, 0) is 0 Å². The lowest BCUT2D eigenvalue weighted by Crippen LogP contribution is -2.54. The standard InChI is InChI=1S/C22H30N2O2/c1-17(21(25)19-9-5-3-6-10-19)23-13-15-24(16-14-23)18(2)22(26)20-11-7-4-8-12-20/h3-12,17-18,21-22,25-26H,13-16H2,1-2H3/t17-,18-,21-,22-/m1/s1/i13D,15D/t13-,15-,17-,18-,21-,22-. The van der Waals surface area contributed by atoms with Crippen molar-refractivity contribution in [1.29, 1.82) is 0 Å². The maximum atomic E-state index is 10.7. The first-order chi connectivity index (χ1) is 13.4. The van der Waals surface area contributed by atoms with Gasteiger partial charge in [0.15, 0.2) is 0 Å². The third kappa shape index (κ3) is 4.33. The molecular weight excluding hydrogens is 324 g/mol. The fraction of sp³-hybridized carbons (Fsp3) is 0.455. The predicted molar refractivity (Wildman–Crippen MR) is 105 cm³/mol. The van der Waals surface area contributed by atoms with Crippen molar-refractivity contribution >= 4 is 0 Å². The number of nitrogens with zero attached hydrogens (tertiary/aromatic N) is 2. The number of piperazine rings is 1. The quantitative estimate of drug-likeness (QED) is 0.836. The van der Waals surface area contributed by atoms with Crippen molar-refractivity contribution in [2.75, 3.05) is 26.1 Å². The minimum absolute atomic E-state index is 0.269. The molecule has 2 aromatic carbocycles. The first kappa shape index (κ1) is 16.5. The number of aliphatic hydroxyl groups excluding tert-OH is 2. The second-order valence-electron chi connectivity index (χ2n) is 6.97. The fourth-order valence-electron chi connectivity index (χ4n) is 3.45. The van der Waals surface area contributed by atoms with E-state index in [9.17, 15) is 10.2 Å². The molecule has 0 unspecified atom stereocenters. The highest BCUT2D eigenvalue weighted by Crippen LogP contribution is 2.25. The van der Waals surface area contributed by atoms with Gasteiger partial charge in [-0.2, -0.15) is 0 Å². The second kappa shape index (κ2) is 8.78. The number of aliphatic hydroxyl groups is 2. The molecule has 6 atom stereocenters. The van der Waals surface area contributed by atoms with Crippen LogP contribution in [0.4, 0.5) is 0 Å². The highest BCUT2D eigenvalue weighted by molar-refractivity contribution is 5.19. The van der Waals surface area contributed by atoms with Gasteiger partial charge in [-0.15, -0.1) is 0 Å². The molecule has 1 saturated heterocycles. The zero-order valence-corrected chi connectivity index (χ0v) is 15.4. The fourth-order valence-corrected chi connectivity index (χ4v) is 3.45. The van der Waals surface area contributed by atoms with E-state index >= 15 is 0 Å². The highest BCUT2D eigenvalue weighted by atomic mass is 16.3. The Kier molecular flexibility index (Phi) is 5.56. The minimum atomic E-state index is -0.799. The normalized spacial score (nSPS) is 27.8. The molecule has 0 spiro atoms. The van der Waals surface area contributed by atoms with Gasteiger partial charge in [0.05, 0.1) is 12.2 Å². The van der Waals surface area contributed by atoms with Crippen LogP contribution in [0.1, 0.15) is 39.9 Å². The number of hydrogen-bond donors (Lipinski definition) is 2. The number of rotatable bonds is 6. The van der Waals surface area contributed by atoms with E-state index in [4.69, 9.17) is 2.74 Å². The maximum absolute atomic E-state index is 10.7. The van der Waals surface area contributed by atoms with E-state index in [0.717, 1.165) is 11.1 Å². The van der Waals surface area contributed by atoms with E-state index in [0.29, 0.717) is 13.1 Å². The summed E-state index contributed by atoms with van der Waals surface area (Å²) in [6.07, 6.45) is -1.42. The average molecular weight is 357 g/mol. The summed E-state index contributed by atoms with van der Waals surface area (Å²) in [6.45, 7) is 3.36. The molecule has 1 heterocycles. The zero-order chi connectivity index (χ0) is 20.3. The molecule has 0 amide bonds. The summed E-state index contributed by atoms with van der Waals surface area (Å²) in [6, 6.07) is 18.4. The van der Waals surface area contributed by atoms with E-state index < -0.39 is 25.2 Å². The van der Waals surface area contributed by atoms with Crippen LogP contribution in [0.3, 0.4) is 0 Å². The van der Waals surface area contributed by atoms with Crippen LogP contribution in [0.15, 0.2) is 60.7 Å². The molecule has 1 aliphatic rings. The van der Waals surface area contributed by atoms with E-state index in [1.54, 1.807) is 0 Å². The summed E-state index contributed by atoms with van der Waals surface area (Å²) in [5.41, 5.74) is 1.64. The Morgan fingerprint density at radius 3 is 1.42 bits per heavy atom. The monoisotopic (exact) mass is 356 g/mol. The van der Waals surface area contributed by atoms with Crippen molar-refractivity contribution in [3.63, 3.8) is 0 Å². The van der Waals surface area contributed by atoms with Crippen molar-refractivity contribution in [3.05, 3.63) is 71.8 Å². The van der Waals surface area contributed by atoms with Gasteiger partial charge in [-0.1, -0.05) is 60.7 Å². The van der Waals surface area contributed by atoms with Gasteiger partial charge in [-0.05, 0) is 25.0 Å². The molecule has 1 aliphatic heterocycles. The Bertz CT molecular complexity index is 670. The minimum Gasteiger partial charge on any atom is -0.387 e. The largest absolute Gasteiger partial charge is 0.387 e. The Hall–Kier alpha value is -1.72. The molecule has 4 nitrogen and oxygen atoms in total. The smallest absolute Gasteiger partial charge is 0.0942 e. The van der Waals surface area contributed by atoms with Gasteiger partial charge in [0, 0.05) is 41.0 Å². The van der Waals surface area contributed by atoms with Gasteiger partial charge < -0.3 is 10.2 Å². The summed E-state index contributed by atoms with van der Waals surface area (Å²) in [5.74, 6) is 0. The summed E-state index contributed by atoms with van der Waals surface area (Å²) in [4.78, 5) is 3.76. The van der Waals surface area contributed by atoms with Crippen LogP contribution in [0.5, 0.6) is 0 Å². The Labute approximate surface area is 159 Å².